The van der Waals surface area contributed by atoms with Gasteiger partial charge in [0.25, 0.3) is 0 Å². The van der Waals surface area contributed by atoms with E-state index < -0.39 is 5.97 Å². The van der Waals surface area contributed by atoms with Gasteiger partial charge in [-0.25, -0.2) is 0 Å². The molecule has 0 aromatic heterocycles. The zero-order valence-corrected chi connectivity index (χ0v) is 7.38. The van der Waals surface area contributed by atoms with Gasteiger partial charge in [0.1, 0.15) is 0 Å². The molecule has 1 saturated heterocycles. The summed E-state index contributed by atoms with van der Waals surface area (Å²) >= 11 is 0. The highest BCUT2D eigenvalue weighted by Gasteiger charge is 2.50. The van der Waals surface area contributed by atoms with Crippen molar-refractivity contribution in [2.75, 3.05) is 6.54 Å². The number of amides is 1. The van der Waals surface area contributed by atoms with Crippen molar-refractivity contribution in [1.82, 2.24) is 5.32 Å². The molecule has 4 heteroatoms. The van der Waals surface area contributed by atoms with Crippen LogP contribution in [0.25, 0.3) is 0 Å². The number of carboxylic acid groups (broad SMARTS) is 1. The molecule has 72 valence electrons. The lowest BCUT2D eigenvalue weighted by molar-refractivity contribution is -0.145. The fraction of sp³-hybridized carbons (Fsp3) is 0.778. The summed E-state index contributed by atoms with van der Waals surface area (Å²) in [5.74, 6) is -1.05. The second-order valence-corrected chi connectivity index (χ2v) is 4.10. The molecule has 1 spiro atoms. The standard InChI is InChI=1S/C9H13NO3/c11-7-4-9(5-10-7)3-1-2-6(9)8(12)13/h6H,1-5H2,(H,10,11)(H,12,13). The first kappa shape index (κ1) is 8.53. The predicted molar refractivity (Wildman–Crippen MR) is 45.0 cm³/mol. The summed E-state index contributed by atoms with van der Waals surface area (Å²) in [7, 11) is 0. The van der Waals surface area contributed by atoms with Crippen LogP contribution in [0, 0.1) is 11.3 Å². The van der Waals surface area contributed by atoms with Crippen molar-refractivity contribution in [3.05, 3.63) is 0 Å². The van der Waals surface area contributed by atoms with Gasteiger partial charge in [-0.05, 0) is 12.8 Å². The van der Waals surface area contributed by atoms with Crippen molar-refractivity contribution in [3.63, 3.8) is 0 Å². The molecule has 1 aliphatic heterocycles. The Morgan fingerprint density at radius 1 is 1.62 bits per heavy atom. The third-order valence-corrected chi connectivity index (χ3v) is 3.35. The monoisotopic (exact) mass is 183 g/mol. The van der Waals surface area contributed by atoms with Crippen LogP contribution in [0.5, 0.6) is 0 Å². The van der Waals surface area contributed by atoms with Crippen molar-refractivity contribution in [2.45, 2.75) is 25.7 Å². The van der Waals surface area contributed by atoms with E-state index in [0.29, 0.717) is 13.0 Å². The Labute approximate surface area is 76.3 Å². The minimum atomic E-state index is -0.742. The summed E-state index contributed by atoms with van der Waals surface area (Å²) in [6, 6.07) is 0. The number of hydrogen-bond donors (Lipinski definition) is 2. The lowest BCUT2D eigenvalue weighted by Gasteiger charge is -2.25. The maximum atomic E-state index is 11.1. The largest absolute Gasteiger partial charge is 0.481 e. The summed E-state index contributed by atoms with van der Waals surface area (Å²) in [6.45, 7) is 0.558. The molecule has 13 heavy (non-hydrogen) atoms. The zero-order chi connectivity index (χ0) is 9.47. The van der Waals surface area contributed by atoms with E-state index in [0.717, 1.165) is 19.3 Å². The second-order valence-electron chi connectivity index (χ2n) is 4.10. The molecule has 1 amide bonds. The average molecular weight is 183 g/mol. The van der Waals surface area contributed by atoms with Crippen LogP contribution in [0.4, 0.5) is 0 Å². The molecule has 2 rings (SSSR count). The van der Waals surface area contributed by atoms with E-state index in [2.05, 4.69) is 5.32 Å². The average Bonchev–Trinajstić information content (AvgIpc) is 2.60. The van der Waals surface area contributed by atoms with Crippen molar-refractivity contribution >= 4 is 11.9 Å². The molecule has 0 aromatic carbocycles. The van der Waals surface area contributed by atoms with Crippen LogP contribution in [0.2, 0.25) is 0 Å². The smallest absolute Gasteiger partial charge is 0.307 e. The molecule has 2 N–H and O–H groups in total. The van der Waals surface area contributed by atoms with E-state index in [1.807, 2.05) is 0 Å². The Bertz CT molecular complexity index is 264. The van der Waals surface area contributed by atoms with E-state index in [9.17, 15) is 9.59 Å². The Morgan fingerprint density at radius 3 is 2.92 bits per heavy atom. The highest BCUT2D eigenvalue weighted by atomic mass is 16.4. The van der Waals surface area contributed by atoms with E-state index >= 15 is 0 Å². The fourth-order valence-electron chi connectivity index (χ4n) is 2.67. The second kappa shape index (κ2) is 2.72. The van der Waals surface area contributed by atoms with Crippen LogP contribution in [0.3, 0.4) is 0 Å². The lowest BCUT2D eigenvalue weighted by atomic mass is 9.77. The molecule has 2 fully saturated rings. The molecule has 1 aliphatic carbocycles. The Morgan fingerprint density at radius 2 is 2.38 bits per heavy atom. The van der Waals surface area contributed by atoms with Crippen LogP contribution < -0.4 is 5.32 Å². The van der Waals surface area contributed by atoms with Crippen LogP contribution >= 0.6 is 0 Å². The molecule has 2 unspecified atom stereocenters. The topological polar surface area (TPSA) is 66.4 Å². The molecule has 0 bridgehead atoms. The number of nitrogens with one attached hydrogen (secondary N) is 1. The minimum absolute atomic E-state index is 0.00755. The van der Waals surface area contributed by atoms with Gasteiger partial charge in [-0.2, -0.15) is 0 Å². The molecule has 4 nitrogen and oxygen atoms in total. The van der Waals surface area contributed by atoms with E-state index in [1.54, 1.807) is 0 Å². The first-order chi connectivity index (χ1) is 6.14. The van der Waals surface area contributed by atoms with E-state index in [1.165, 1.54) is 0 Å². The maximum Gasteiger partial charge on any atom is 0.307 e. The number of carbonyl (C=O) groups is 2. The van der Waals surface area contributed by atoms with E-state index in [-0.39, 0.29) is 17.2 Å². The first-order valence-electron chi connectivity index (χ1n) is 4.64. The Hall–Kier alpha value is -1.06. The lowest BCUT2D eigenvalue weighted by Crippen LogP contribution is -2.33. The summed E-state index contributed by atoms with van der Waals surface area (Å²) in [5, 5.41) is 11.7. The van der Waals surface area contributed by atoms with Crippen LogP contribution in [-0.2, 0) is 9.59 Å². The Kier molecular flexibility index (Phi) is 1.78. The molecule has 1 heterocycles. The summed E-state index contributed by atoms with van der Waals surface area (Å²) in [6.07, 6.45) is 2.95. The zero-order valence-electron chi connectivity index (χ0n) is 7.38. The van der Waals surface area contributed by atoms with Gasteiger partial charge in [-0.15, -0.1) is 0 Å². The summed E-state index contributed by atoms with van der Waals surface area (Å²) in [5.41, 5.74) is -0.261. The maximum absolute atomic E-state index is 11.1. The molecule has 0 radical (unpaired) electrons. The molecular weight excluding hydrogens is 170 g/mol. The fourth-order valence-corrected chi connectivity index (χ4v) is 2.67. The van der Waals surface area contributed by atoms with Gasteiger partial charge in [-0.1, -0.05) is 6.42 Å². The predicted octanol–water partition coefficient (Wildman–Crippen LogP) is 0.377. The third kappa shape index (κ3) is 1.20. The van der Waals surface area contributed by atoms with E-state index in [4.69, 9.17) is 5.11 Å². The number of carboxylic acids is 1. The molecule has 2 aliphatic rings. The number of carbonyl (C=O) groups excluding carboxylic acids is 1. The van der Waals surface area contributed by atoms with Crippen molar-refractivity contribution in [1.29, 1.82) is 0 Å². The summed E-state index contributed by atoms with van der Waals surface area (Å²) in [4.78, 5) is 22.0. The highest BCUT2D eigenvalue weighted by molar-refractivity contribution is 5.82. The van der Waals surface area contributed by atoms with Gasteiger partial charge < -0.3 is 10.4 Å². The quantitative estimate of drug-likeness (QED) is 0.617. The van der Waals surface area contributed by atoms with Gasteiger partial charge in [0.15, 0.2) is 0 Å². The molecule has 1 saturated carbocycles. The normalized spacial score (nSPS) is 38.2. The minimum Gasteiger partial charge on any atom is -0.481 e. The summed E-state index contributed by atoms with van der Waals surface area (Å²) < 4.78 is 0. The number of rotatable bonds is 1. The van der Waals surface area contributed by atoms with Crippen LogP contribution in [0.15, 0.2) is 0 Å². The van der Waals surface area contributed by atoms with Crippen molar-refractivity contribution in [3.8, 4) is 0 Å². The molecule has 2 atom stereocenters. The van der Waals surface area contributed by atoms with Crippen LogP contribution in [-0.4, -0.2) is 23.5 Å². The van der Waals surface area contributed by atoms with Crippen molar-refractivity contribution < 1.29 is 14.7 Å². The SMILES string of the molecule is O=C1CC2(CCCC2C(=O)O)CN1. The van der Waals surface area contributed by atoms with Gasteiger partial charge in [0.05, 0.1) is 5.92 Å². The first-order valence-corrected chi connectivity index (χ1v) is 4.64. The van der Waals surface area contributed by atoms with Gasteiger partial charge >= 0.3 is 5.97 Å². The molecule has 0 aromatic rings. The molecular formula is C9H13NO3. The number of hydrogen-bond acceptors (Lipinski definition) is 2. The Balaban J connectivity index is 2.21. The highest BCUT2D eigenvalue weighted by Crippen LogP contribution is 2.47. The number of aliphatic carboxylic acids is 1. The third-order valence-electron chi connectivity index (χ3n) is 3.35. The van der Waals surface area contributed by atoms with Crippen molar-refractivity contribution in [2.24, 2.45) is 11.3 Å². The van der Waals surface area contributed by atoms with Gasteiger partial charge in [-0.3, -0.25) is 9.59 Å². The van der Waals surface area contributed by atoms with Crippen LogP contribution in [0.1, 0.15) is 25.7 Å². The van der Waals surface area contributed by atoms with Gasteiger partial charge in [0, 0.05) is 18.4 Å². The van der Waals surface area contributed by atoms with Gasteiger partial charge in [0.2, 0.25) is 5.91 Å².